The number of nitrogens with zero attached hydrogens (tertiary/aromatic N) is 1. The highest BCUT2D eigenvalue weighted by Crippen LogP contribution is 2.18. The van der Waals surface area contributed by atoms with E-state index >= 15 is 0 Å². The van der Waals surface area contributed by atoms with E-state index in [9.17, 15) is 8.42 Å². The van der Waals surface area contributed by atoms with Crippen molar-refractivity contribution >= 4 is 15.9 Å². The van der Waals surface area contributed by atoms with Gasteiger partial charge in [0.15, 0.2) is 0 Å². The lowest BCUT2D eigenvalue weighted by molar-refractivity contribution is 0.527. The standard InChI is InChI=1S/C11H18N2O2S/c1-9(2)10-5-7-11(8-6-10)12-16(14,15)13(3)4/h5-9,12H,1-4H3. The zero-order valence-electron chi connectivity index (χ0n) is 10.1. The highest BCUT2D eigenvalue weighted by atomic mass is 32.2. The van der Waals surface area contributed by atoms with Crippen molar-refractivity contribution in [1.82, 2.24) is 4.31 Å². The van der Waals surface area contributed by atoms with Crippen LogP contribution in [-0.4, -0.2) is 26.8 Å². The van der Waals surface area contributed by atoms with Crippen molar-refractivity contribution in [3.63, 3.8) is 0 Å². The van der Waals surface area contributed by atoms with Crippen LogP contribution in [0.2, 0.25) is 0 Å². The van der Waals surface area contributed by atoms with E-state index in [4.69, 9.17) is 0 Å². The second kappa shape index (κ2) is 4.84. The molecule has 0 fully saturated rings. The third-order valence-corrected chi connectivity index (χ3v) is 3.76. The quantitative estimate of drug-likeness (QED) is 0.878. The molecule has 0 bridgehead atoms. The van der Waals surface area contributed by atoms with Gasteiger partial charge >= 0.3 is 10.2 Å². The summed E-state index contributed by atoms with van der Waals surface area (Å²) < 4.78 is 26.7. The van der Waals surface area contributed by atoms with Gasteiger partial charge in [-0.05, 0) is 23.6 Å². The van der Waals surface area contributed by atoms with Gasteiger partial charge in [-0.2, -0.15) is 12.7 Å². The summed E-state index contributed by atoms with van der Waals surface area (Å²) in [5.41, 5.74) is 1.77. The topological polar surface area (TPSA) is 49.4 Å². The summed E-state index contributed by atoms with van der Waals surface area (Å²) in [6.45, 7) is 4.19. The van der Waals surface area contributed by atoms with E-state index in [2.05, 4.69) is 18.6 Å². The van der Waals surface area contributed by atoms with Gasteiger partial charge in [-0.3, -0.25) is 4.72 Å². The highest BCUT2D eigenvalue weighted by molar-refractivity contribution is 7.90. The van der Waals surface area contributed by atoms with Gasteiger partial charge in [-0.1, -0.05) is 26.0 Å². The first-order valence-corrected chi connectivity index (χ1v) is 6.57. The first-order valence-electron chi connectivity index (χ1n) is 5.13. The summed E-state index contributed by atoms with van der Waals surface area (Å²) in [7, 11) is -0.419. The van der Waals surface area contributed by atoms with E-state index in [1.165, 1.54) is 19.7 Å². The molecule has 1 N–H and O–H groups in total. The maximum atomic E-state index is 11.5. The van der Waals surface area contributed by atoms with Crippen LogP contribution in [0.1, 0.15) is 25.3 Å². The van der Waals surface area contributed by atoms with E-state index in [0.717, 1.165) is 4.31 Å². The van der Waals surface area contributed by atoms with Gasteiger partial charge in [0.05, 0.1) is 0 Å². The van der Waals surface area contributed by atoms with Crippen LogP contribution < -0.4 is 4.72 Å². The molecule has 0 radical (unpaired) electrons. The third kappa shape index (κ3) is 3.21. The molecule has 0 heterocycles. The molecule has 0 aliphatic heterocycles. The van der Waals surface area contributed by atoms with Gasteiger partial charge in [-0.15, -0.1) is 0 Å². The zero-order valence-corrected chi connectivity index (χ0v) is 10.9. The van der Waals surface area contributed by atoms with Crippen LogP contribution in [0.3, 0.4) is 0 Å². The number of hydrogen-bond donors (Lipinski definition) is 1. The van der Waals surface area contributed by atoms with Gasteiger partial charge in [0.1, 0.15) is 0 Å². The lowest BCUT2D eigenvalue weighted by atomic mass is 10.0. The molecule has 0 unspecified atom stereocenters. The van der Waals surface area contributed by atoms with Crippen LogP contribution >= 0.6 is 0 Å². The number of benzene rings is 1. The maximum absolute atomic E-state index is 11.5. The fraction of sp³-hybridized carbons (Fsp3) is 0.455. The molecule has 0 saturated heterocycles. The van der Waals surface area contributed by atoms with Crippen molar-refractivity contribution in [3.8, 4) is 0 Å². The molecule has 0 spiro atoms. The van der Waals surface area contributed by atoms with Crippen LogP contribution in [0.25, 0.3) is 0 Å². The van der Waals surface area contributed by atoms with E-state index < -0.39 is 10.2 Å². The summed E-state index contributed by atoms with van der Waals surface area (Å²) in [6.07, 6.45) is 0. The number of rotatable bonds is 4. The SMILES string of the molecule is CC(C)c1ccc(NS(=O)(=O)N(C)C)cc1. The molecular formula is C11H18N2O2S. The third-order valence-electron chi connectivity index (χ3n) is 2.30. The molecule has 90 valence electrons. The molecule has 1 aromatic rings. The molecule has 0 atom stereocenters. The molecule has 0 saturated carbocycles. The largest absolute Gasteiger partial charge is 0.301 e. The first kappa shape index (κ1) is 13.0. The first-order chi connectivity index (χ1) is 7.33. The minimum Gasteiger partial charge on any atom is -0.271 e. The van der Waals surface area contributed by atoms with Crippen LogP contribution in [0.15, 0.2) is 24.3 Å². The molecule has 1 rings (SSSR count). The minimum atomic E-state index is -3.40. The normalized spacial score (nSPS) is 12.1. The van der Waals surface area contributed by atoms with Crippen LogP contribution in [0.4, 0.5) is 5.69 Å². The Bertz CT molecular complexity index is 436. The predicted octanol–water partition coefficient (Wildman–Crippen LogP) is 2.03. The number of nitrogens with one attached hydrogen (secondary N) is 1. The smallest absolute Gasteiger partial charge is 0.271 e. The van der Waals surface area contributed by atoms with Gasteiger partial charge < -0.3 is 0 Å². The summed E-state index contributed by atoms with van der Waals surface area (Å²) in [5, 5.41) is 0. The molecule has 4 nitrogen and oxygen atoms in total. The van der Waals surface area contributed by atoms with E-state index in [1.54, 1.807) is 12.1 Å². The predicted molar refractivity (Wildman–Crippen MR) is 66.8 cm³/mol. The van der Waals surface area contributed by atoms with E-state index in [0.29, 0.717) is 11.6 Å². The van der Waals surface area contributed by atoms with Gasteiger partial charge in [0.2, 0.25) is 0 Å². The number of hydrogen-bond acceptors (Lipinski definition) is 2. The van der Waals surface area contributed by atoms with E-state index in [-0.39, 0.29) is 0 Å². The van der Waals surface area contributed by atoms with Gasteiger partial charge in [-0.25, -0.2) is 0 Å². The Balaban J connectivity index is 2.85. The zero-order chi connectivity index (χ0) is 12.3. The highest BCUT2D eigenvalue weighted by Gasteiger charge is 2.12. The molecule has 5 heteroatoms. The van der Waals surface area contributed by atoms with Crippen LogP contribution in [0, 0.1) is 0 Å². The average Bonchev–Trinajstić information content (AvgIpc) is 2.17. The summed E-state index contributed by atoms with van der Waals surface area (Å²) >= 11 is 0. The minimum absolute atomic E-state index is 0.444. The van der Waals surface area contributed by atoms with Crippen molar-refractivity contribution in [2.24, 2.45) is 0 Å². The van der Waals surface area contributed by atoms with Gasteiger partial charge in [0.25, 0.3) is 0 Å². The maximum Gasteiger partial charge on any atom is 0.301 e. The molecule has 0 aromatic heterocycles. The Morgan fingerprint density at radius 1 is 1.12 bits per heavy atom. The molecule has 0 amide bonds. The Kier molecular flexibility index (Phi) is 3.93. The second-order valence-corrected chi connectivity index (χ2v) is 6.05. The lowest BCUT2D eigenvalue weighted by Crippen LogP contribution is -2.28. The van der Waals surface area contributed by atoms with Crippen molar-refractivity contribution in [2.75, 3.05) is 18.8 Å². The monoisotopic (exact) mass is 242 g/mol. The molecule has 0 aliphatic carbocycles. The van der Waals surface area contributed by atoms with Crippen molar-refractivity contribution in [2.45, 2.75) is 19.8 Å². The fourth-order valence-corrected chi connectivity index (χ4v) is 1.79. The number of anilines is 1. The van der Waals surface area contributed by atoms with Crippen LogP contribution in [0.5, 0.6) is 0 Å². The molecule has 0 aliphatic rings. The van der Waals surface area contributed by atoms with Crippen molar-refractivity contribution < 1.29 is 8.42 Å². The molecule has 1 aromatic carbocycles. The van der Waals surface area contributed by atoms with E-state index in [1.807, 2.05) is 12.1 Å². The van der Waals surface area contributed by atoms with Crippen molar-refractivity contribution in [1.29, 1.82) is 0 Å². The Morgan fingerprint density at radius 2 is 1.62 bits per heavy atom. The Labute approximate surface area is 97.5 Å². The molecule has 16 heavy (non-hydrogen) atoms. The Morgan fingerprint density at radius 3 is 2.00 bits per heavy atom. The second-order valence-electron chi connectivity index (χ2n) is 4.17. The Hall–Kier alpha value is -1.07. The van der Waals surface area contributed by atoms with Crippen LogP contribution in [-0.2, 0) is 10.2 Å². The summed E-state index contributed by atoms with van der Waals surface area (Å²) in [6, 6.07) is 7.41. The van der Waals surface area contributed by atoms with Gasteiger partial charge in [0, 0.05) is 19.8 Å². The fourth-order valence-electron chi connectivity index (χ4n) is 1.18. The van der Waals surface area contributed by atoms with Crippen molar-refractivity contribution in [3.05, 3.63) is 29.8 Å². The molecular weight excluding hydrogens is 224 g/mol. The summed E-state index contributed by atoms with van der Waals surface area (Å²) in [5.74, 6) is 0.444. The lowest BCUT2D eigenvalue weighted by Gasteiger charge is -2.14. The average molecular weight is 242 g/mol. The summed E-state index contributed by atoms with van der Waals surface area (Å²) in [4.78, 5) is 0.